The van der Waals surface area contributed by atoms with E-state index in [2.05, 4.69) is 53.1 Å². The van der Waals surface area contributed by atoms with Gasteiger partial charge in [0.1, 0.15) is 0 Å². The number of aryl methyl sites for hydroxylation is 1. The van der Waals surface area contributed by atoms with Gasteiger partial charge in [0, 0.05) is 24.7 Å². The van der Waals surface area contributed by atoms with E-state index in [1.165, 1.54) is 16.8 Å². The van der Waals surface area contributed by atoms with Crippen LogP contribution < -0.4 is 5.73 Å². The lowest BCUT2D eigenvalue weighted by Gasteiger charge is -2.38. The van der Waals surface area contributed by atoms with Crippen LogP contribution in [0.25, 0.3) is 0 Å². The number of hydrogen-bond acceptors (Lipinski definition) is 3. The molecular weight excluding hydrogens is 236 g/mol. The summed E-state index contributed by atoms with van der Waals surface area (Å²) in [6.45, 7) is 2.79. The zero-order valence-electron chi connectivity index (χ0n) is 11.4. The molecule has 0 saturated carbocycles. The number of nitrogens with two attached hydrogens (primary N) is 1. The van der Waals surface area contributed by atoms with E-state index in [1.54, 1.807) is 6.33 Å². The first-order valence-electron chi connectivity index (χ1n) is 6.71. The monoisotopic (exact) mass is 256 g/mol. The SMILES string of the molecule is Cc1cccc(C2c3nc[nH]c3CC(CN)N2C)c1. The predicted molar refractivity (Wildman–Crippen MR) is 75.9 cm³/mol. The highest BCUT2D eigenvalue weighted by Gasteiger charge is 2.34. The van der Waals surface area contributed by atoms with Gasteiger partial charge in [-0.05, 0) is 19.5 Å². The molecular formula is C15H20N4. The van der Waals surface area contributed by atoms with Crippen molar-refractivity contribution >= 4 is 0 Å². The van der Waals surface area contributed by atoms with E-state index in [1.807, 2.05) is 0 Å². The molecule has 0 radical (unpaired) electrons. The summed E-state index contributed by atoms with van der Waals surface area (Å²) in [5, 5.41) is 0. The number of imidazole rings is 1. The van der Waals surface area contributed by atoms with Gasteiger partial charge in [-0.3, -0.25) is 4.90 Å². The standard InChI is InChI=1S/C15H20N4/c1-10-4-3-5-11(6-10)15-14-13(17-9-18-14)7-12(8-16)19(15)2/h3-6,9,12,15H,7-8,16H2,1-2H3,(H,17,18). The molecule has 2 heterocycles. The van der Waals surface area contributed by atoms with E-state index < -0.39 is 0 Å². The maximum Gasteiger partial charge on any atom is 0.0926 e. The van der Waals surface area contributed by atoms with Gasteiger partial charge in [-0.2, -0.15) is 0 Å². The first kappa shape index (κ1) is 12.4. The Balaban J connectivity index is 2.08. The molecule has 1 aliphatic rings. The fraction of sp³-hybridized carbons (Fsp3) is 0.400. The Labute approximate surface area is 113 Å². The molecule has 2 aromatic rings. The molecule has 0 bridgehead atoms. The van der Waals surface area contributed by atoms with Gasteiger partial charge in [0.25, 0.3) is 0 Å². The Morgan fingerprint density at radius 3 is 3.05 bits per heavy atom. The number of H-pyrrole nitrogens is 1. The van der Waals surface area contributed by atoms with Crippen LogP contribution in [0.2, 0.25) is 0 Å². The van der Waals surface area contributed by atoms with Gasteiger partial charge >= 0.3 is 0 Å². The minimum Gasteiger partial charge on any atom is -0.348 e. The molecule has 4 nitrogen and oxygen atoms in total. The second-order valence-electron chi connectivity index (χ2n) is 5.34. The Kier molecular flexibility index (Phi) is 3.12. The number of nitrogens with one attached hydrogen (secondary N) is 1. The Morgan fingerprint density at radius 1 is 1.47 bits per heavy atom. The minimum atomic E-state index is 0.198. The molecule has 3 N–H and O–H groups in total. The largest absolute Gasteiger partial charge is 0.348 e. The first-order valence-corrected chi connectivity index (χ1v) is 6.71. The molecule has 0 aliphatic carbocycles. The average Bonchev–Trinajstić information content (AvgIpc) is 2.85. The number of hydrogen-bond donors (Lipinski definition) is 2. The summed E-state index contributed by atoms with van der Waals surface area (Å²) in [5.74, 6) is 0. The minimum absolute atomic E-state index is 0.198. The van der Waals surface area contributed by atoms with E-state index in [0.717, 1.165) is 12.1 Å². The van der Waals surface area contributed by atoms with Crippen LogP contribution >= 0.6 is 0 Å². The molecule has 2 unspecified atom stereocenters. The van der Waals surface area contributed by atoms with Crippen molar-refractivity contribution in [1.82, 2.24) is 14.9 Å². The molecule has 0 spiro atoms. The number of nitrogens with zero attached hydrogens (tertiary/aromatic N) is 2. The van der Waals surface area contributed by atoms with Crippen molar-refractivity contribution in [1.29, 1.82) is 0 Å². The quantitative estimate of drug-likeness (QED) is 0.858. The summed E-state index contributed by atoms with van der Waals surface area (Å²) < 4.78 is 0. The van der Waals surface area contributed by atoms with Crippen molar-refractivity contribution in [2.24, 2.45) is 5.73 Å². The molecule has 0 fully saturated rings. The molecule has 0 amide bonds. The van der Waals surface area contributed by atoms with Crippen LogP contribution in [0.15, 0.2) is 30.6 Å². The first-order chi connectivity index (χ1) is 9.20. The molecule has 100 valence electrons. The molecule has 19 heavy (non-hydrogen) atoms. The third kappa shape index (κ3) is 2.07. The molecule has 0 saturated heterocycles. The maximum atomic E-state index is 5.91. The lowest BCUT2D eigenvalue weighted by molar-refractivity contribution is 0.180. The lowest BCUT2D eigenvalue weighted by Crippen LogP contribution is -2.45. The van der Waals surface area contributed by atoms with Crippen molar-refractivity contribution in [2.45, 2.75) is 25.4 Å². The second-order valence-corrected chi connectivity index (χ2v) is 5.34. The van der Waals surface area contributed by atoms with Crippen LogP contribution in [-0.4, -0.2) is 34.5 Å². The topological polar surface area (TPSA) is 57.9 Å². The molecule has 4 heteroatoms. The maximum absolute atomic E-state index is 5.91. The highest BCUT2D eigenvalue weighted by molar-refractivity contribution is 5.35. The number of benzene rings is 1. The molecule has 2 atom stereocenters. The highest BCUT2D eigenvalue weighted by atomic mass is 15.2. The zero-order chi connectivity index (χ0) is 13.4. The summed E-state index contributed by atoms with van der Waals surface area (Å²) in [4.78, 5) is 10.1. The summed E-state index contributed by atoms with van der Waals surface area (Å²) in [6, 6.07) is 9.20. The lowest BCUT2D eigenvalue weighted by atomic mass is 9.91. The summed E-state index contributed by atoms with van der Waals surface area (Å²) in [5.41, 5.74) is 10.8. The molecule has 1 aliphatic heterocycles. The van der Waals surface area contributed by atoms with Gasteiger partial charge in [0.15, 0.2) is 0 Å². The van der Waals surface area contributed by atoms with Gasteiger partial charge in [-0.15, -0.1) is 0 Å². The number of aromatic amines is 1. The fourth-order valence-corrected chi connectivity index (χ4v) is 3.00. The normalized spacial score (nSPS) is 23.3. The second kappa shape index (κ2) is 4.79. The Hall–Kier alpha value is -1.65. The van der Waals surface area contributed by atoms with Crippen LogP contribution in [0.1, 0.15) is 28.6 Å². The summed E-state index contributed by atoms with van der Waals surface area (Å²) in [7, 11) is 2.14. The van der Waals surface area contributed by atoms with Crippen LogP contribution in [0.4, 0.5) is 0 Å². The smallest absolute Gasteiger partial charge is 0.0926 e. The van der Waals surface area contributed by atoms with Crippen molar-refractivity contribution in [2.75, 3.05) is 13.6 Å². The zero-order valence-corrected chi connectivity index (χ0v) is 11.4. The predicted octanol–water partition coefficient (Wildman–Crippen LogP) is 1.62. The van der Waals surface area contributed by atoms with Crippen molar-refractivity contribution < 1.29 is 0 Å². The van der Waals surface area contributed by atoms with E-state index >= 15 is 0 Å². The van der Waals surface area contributed by atoms with Gasteiger partial charge in [-0.1, -0.05) is 29.8 Å². The van der Waals surface area contributed by atoms with Crippen LogP contribution in [0.5, 0.6) is 0 Å². The van der Waals surface area contributed by atoms with Crippen molar-refractivity contribution in [3.05, 3.63) is 53.1 Å². The van der Waals surface area contributed by atoms with Gasteiger partial charge < -0.3 is 10.7 Å². The van der Waals surface area contributed by atoms with E-state index in [9.17, 15) is 0 Å². The third-order valence-corrected chi connectivity index (χ3v) is 4.06. The molecule has 1 aromatic heterocycles. The van der Waals surface area contributed by atoms with Gasteiger partial charge in [0.05, 0.1) is 18.1 Å². The fourth-order valence-electron chi connectivity index (χ4n) is 3.00. The van der Waals surface area contributed by atoms with E-state index in [0.29, 0.717) is 12.6 Å². The van der Waals surface area contributed by atoms with Crippen molar-refractivity contribution in [3.63, 3.8) is 0 Å². The molecule has 1 aromatic carbocycles. The number of aromatic nitrogens is 2. The molecule has 3 rings (SSSR count). The number of likely N-dealkylation sites (N-methyl/N-ethyl adjacent to an activating group) is 1. The van der Waals surface area contributed by atoms with Gasteiger partial charge in [0.2, 0.25) is 0 Å². The van der Waals surface area contributed by atoms with E-state index in [4.69, 9.17) is 5.73 Å². The Bertz CT molecular complexity index is 575. The van der Waals surface area contributed by atoms with E-state index in [-0.39, 0.29) is 6.04 Å². The average molecular weight is 256 g/mol. The van der Waals surface area contributed by atoms with Gasteiger partial charge in [-0.25, -0.2) is 4.98 Å². The van der Waals surface area contributed by atoms with Crippen LogP contribution in [0, 0.1) is 6.92 Å². The van der Waals surface area contributed by atoms with Crippen molar-refractivity contribution in [3.8, 4) is 0 Å². The summed E-state index contributed by atoms with van der Waals surface area (Å²) >= 11 is 0. The summed E-state index contributed by atoms with van der Waals surface area (Å²) in [6.07, 6.45) is 2.74. The third-order valence-electron chi connectivity index (χ3n) is 4.06. The Morgan fingerprint density at radius 2 is 2.32 bits per heavy atom. The van der Waals surface area contributed by atoms with Crippen LogP contribution in [0.3, 0.4) is 0 Å². The van der Waals surface area contributed by atoms with Crippen LogP contribution in [-0.2, 0) is 6.42 Å². The number of fused-ring (bicyclic) bond motifs is 1. The number of rotatable bonds is 2. The highest BCUT2D eigenvalue weighted by Crippen LogP contribution is 2.34.